The maximum Gasteiger partial charge on any atom is 0.0698 e. The summed E-state index contributed by atoms with van der Waals surface area (Å²) in [6.45, 7) is 4.54. The average molecular weight is 199 g/mol. The molecule has 1 aliphatic rings. The van der Waals surface area contributed by atoms with Crippen molar-refractivity contribution in [1.82, 2.24) is 5.32 Å². The number of ether oxygens (including phenoxy) is 1. The highest BCUT2D eigenvalue weighted by Crippen LogP contribution is 2.32. The Morgan fingerprint density at radius 2 is 2.07 bits per heavy atom. The van der Waals surface area contributed by atoms with Gasteiger partial charge in [-0.1, -0.05) is 19.8 Å². The summed E-state index contributed by atoms with van der Waals surface area (Å²) in [4.78, 5) is 0. The van der Waals surface area contributed by atoms with Gasteiger partial charge in [0.25, 0.3) is 0 Å². The van der Waals surface area contributed by atoms with E-state index in [1.807, 2.05) is 0 Å². The third-order valence-corrected chi connectivity index (χ3v) is 3.70. The van der Waals surface area contributed by atoms with E-state index in [0.717, 1.165) is 11.8 Å². The van der Waals surface area contributed by atoms with Gasteiger partial charge in [0.1, 0.15) is 0 Å². The van der Waals surface area contributed by atoms with E-state index in [1.54, 1.807) is 7.11 Å². The first-order valence-electron chi connectivity index (χ1n) is 5.89. The molecule has 0 spiro atoms. The van der Waals surface area contributed by atoms with Crippen molar-refractivity contribution in [2.75, 3.05) is 14.2 Å². The molecule has 14 heavy (non-hydrogen) atoms. The fourth-order valence-electron chi connectivity index (χ4n) is 2.81. The van der Waals surface area contributed by atoms with Gasteiger partial charge in [0.2, 0.25) is 0 Å². The van der Waals surface area contributed by atoms with Crippen molar-refractivity contribution in [2.45, 2.75) is 51.7 Å². The quantitative estimate of drug-likeness (QED) is 0.751. The molecule has 0 bridgehead atoms. The van der Waals surface area contributed by atoms with Crippen LogP contribution in [0.3, 0.4) is 0 Å². The van der Waals surface area contributed by atoms with Crippen LogP contribution >= 0.6 is 0 Å². The molecule has 0 aromatic rings. The summed E-state index contributed by atoms with van der Waals surface area (Å²) >= 11 is 0. The Kier molecular flexibility index (Phi) is 4.90. The van der Waals surface area contributed by atoms with Gasteiger partial charge in [-0.25, -0.2) is 0 Å². The van der Waals surface area contributed by atoms with Gasteiger partial charge in [-0.05, 0) is 38.6 Å². The van der Waals surface area contributed by atoms with Gasteiger partial charge in [-0.15, -0.1) is 0 Å². The first kappa shape index (κ1) is 12.0. The largest absolute Gasteiger partial charge is 0.380 e. The van der Waals surface area contributed by atoms with Gasteiger partial charge >= 0.3 is 0 Å². The van der Waals surface area contributed by atoms with E-state index in [2.05, 4.69) is 26.2 Å². The van der Waals surface area contributed by atoms with Crippen LogP contribution in [0.4, 0.5) is 0 Å². The molecule has 1 N–H and O–H groups in total. The summed E-state index contributed by atoms with van der Waals surface area (Å²) in [7, 11) is 3.86. The number of rotatable bonds is 4. The summed E-state index contributed by atoms with van der Waals surface area (Å²) in [6, 6.07) is 0.530. The van der Waals surface area contributed by atoms with E-state index in [-0.39, 0.29) is 0 Å². The minimum atomic E-state index is 0.329. The van der Waals surface area contributed by atoms with Crippen LogP contribution < -0.4 is 5.32 Å². The van der Waals surface area contributed by atoms with Crippen LogP contribution in [0.25, 0.3) is 0 Å². The molecule has 4 unspecified atom stereocenters. The predicted molar refractivity (Wildman–Crippen MR) is 60.4 cm³/mol. The first-order valence-corrected chi connectivity index (χ1v) is 5.89. The number of nitrogens with one attached hydrogen (secondary N) is 1. The van der Waals surface area contributed by atoms with Crippen LogP contribution in [-0.4, -0.2) is 26.3 Å². The lowest BCUT2D eigenvalue weighted by Crippen LogP contribution is -2.44. The molecular weight excluding hydrogens is 174 g/mol. The van der Waals surface area contributed by atoms with Crippen LogP contribution in [0, 0.1) is 11.8 Å². The minimum Gasteiger partial charge on any atom is -0.380 e. The van der Waals surface area contributed by atoms with Crippen molar-refractivity contribution in [3.8, 4) is 0 Å². The third-order valence-electron chi connectivity index (χ3n) is 3.70. The molecule has 1 rings (SSSR count). The van der Waals surface area contributed by atoms with E-state index in [1.165, 1.54) is 25.7 Å². The number of hydrogen-bond donors (Lipinski definition) is 1. The average Bonchev–Trinajstić information content (AvgIpc) is 2.19. The molecule has 2 nitrogen and oxygen atoms in total. The second kappa shape index (κ2) is 5.72. The second-order valence-corrected chi connectivity index (χ2v) is 4.79. The Labute approximate surface area is 88.4 Å². The molecule has 2 heteroatoms. The highest BCUT2D eigenvalue weighted by Gasteiger charge is 2.29. The molecule has 4 atom stereocenters. The molecule has 0 saturated heterocycles. The molecule has 0 aliphatic heterocycles. The van der Waals surface area contributed by atoms with E-state index in [0.29, 0.717) is 12.1 Å². The number of likely N-dealkylation sites (N-methyl/N-ethyl adjacent to an activating group) is 1. The SMILES string of the molecule is CNC(C1CCCC(C)C1)C(C)OC. The van der Waals surface area contributed by atoms with Crippen molar-refractivity contribution >= 4 is 0 Å². The molecular formula is C12H25NO. The van der Waals surface area contributed by atoms with Gasteiger partial charge in [0, 0.05) is 13.2 Å². The molecule has 0 amide bonds. The molecule has 0 heterocycles. The fraction of sp³-hybridized carbons (Fsp3) is 1.00. The lowest BCUT2D eigenvalue weighted by Gasteiger charge is -2.35. The van der Waals surface area contributed by atoms with Crippen molar-refractivity contribution in [3.63, 3.8) is 0 Å². The van der Waals surface area contributed by atoms with Crippen molar-refractivity contribution in [2.24, 2.45) is 11.8 Å². The molecule has 1 fully saturated rings. The van der Waals surface area contributed by atoms with Gasteiger partial charge < -0.3 is 10.1 Å². The zero-order chi connectivity index (χ0) is 10.6. The van der Waals surface area contributed by atoms with Crippen molar-refractivity contribution in [3.05, 3.63) is 0 Å². The maximum absolute atomic E-state index is 5.43. The summed E-state index contributed by atoms with van der Waals surface area (Å²) in [5.41, 5.74) is 0. The van der Waals surface area contributed by atoms with Crippen molar-refractivity contribution < 1.29 is 4.74 Å². The Bertz CT molecular complexity index is 160. The first-order chi connectivity index (χ1) is 6.69. The zero-order valence-electron chi connectivity index (χ0n) is 10.0. The normalized spacial score (nSPS) is 32.6. The minimum absolute atomic E-state index is 0.329. The topological polar surface area (TPSA) is 21.3 Å². The zero-order valence-corrected chi connectivity index (χ0v) is 10.0. The standard InChI is InChI=1S/C12H25NO/c1-9-6-5-7-11(8-9)12(13-3)10(2)14-4/h9-13H,5-8H2,1-4H3. The van der Waals surface area contributed by atoms with Crippen LogP contribution in [0.1, 0.15) is 39.5 Å². The fourth-order valence-corrected chi connectivity index (χ4v) is 2.81. The Balaban J connectivity index is 2.50. The molecule has 0 aromatic heterocycles. The second-order valence-electron chi connectivity index (χ2n) is 4.79. The Morgan fingerprint density at radius 3 is 2.57 bits per heavy atom. The molecule has 0 aromatic carbocycles. The third kappa shape index (κ3) is 2.96. The smallest absolute Gasteiger partial charge is 0.0698 e. The Morgan fingerprint density at radius 1 is 1.36 bits per heavy atom. The van der Waals surface area contributed by atoms with E-state index >= 15 is 0 Å². The number of methoxy groups -OCH3 is 1. The molecule has 1 saturated carbocycles. The van der Waals surface area contributed by atoms with Crippen LogP contribution in [-0.2, 0) is 4.74 Å². The van der Waals surface area contributed by atoms with E-state index in [4.69, 9.17) is 4.74 Å². The summed E-state index contributed by atoms with van der Waals surface area (Å²) in [5.74, 6) is 1.70. The van der Waals surface area contributed by atoms with Crippen LogP contribution in [0.5, 0.6) is 0 Å². The van der Waals surface area contributed by atoms with Crippen LogP contribution in [0.2, 0.25) is 0 Å². The maximum atomic E-state index is 5.43. The Hall–Kier alpha value is -0.0800. The highest BCUT2D eigenvalue weighted by molar-refractivity contribution is 4.84. The van der Waals surface area contributed by atoms with Gasteiger partial charge in [-0.2, -0.15) is 0 Å². The van der Waals surface area contributed by atoms with Gasteiger partial charge in [-0.3, -0.25) is 0 Å². The van der Waals surface area contributed by atoms with Crippen molar-refractivity contribution in [1.29, 1.82) is 0 Å². The highest BCUT2D eigenvalue weighted by atomic mass is 16.5. The van der Waals surface area contributed by atoms with Crippen LogP contribution in [0.15, 0.2) is 0 Å². The summed E-state index contributed by atoms with van der Waals surface area (Å²) in [5, 5.41) is 3.42. The lowest BCUT2D eigenvalue weighted by atomic mass is 9.77. The summed E-state index contributed by atoms with van der Waals surface area (Å²) < 4.78 is 5.43. The summed E-state index contributed by atoms with van der Waals surface area (Å²) in [6.07, 6.45) is 5.85. The molecule has 0 radical (unpaired) electrons. The number of hydrogen-bond acceptors (Lipinski definition) is 2. The van der Waals surface area contributed by atoms with Gasteiger partial charge in [0.05, 0.1) is 6.10 Å². The van der Waals surface area contributed by atoms with Gasteiger partial charge in [0.15, 0.2) is 0 Å². The van der Waals surface area contributed by atoms with E-state index < -0.39 is 0 Å². The van der Waals surface area contributed by atoms with E-state index in [9.17, 15) is 0 Å². The molecule has 1 aliphatic carbocycles. The predicted octanol–water partition coefficient (Wildman–Crippen LogP) is 2.44. The monoisotopic (exact) mass is 199 g/mol. The molecule has 84 valence electrons. The lowest BCUT2D eigenvalue weighted by molar-refractivity contribution is 0.0502.